The Morgan fingerprint density at radius 1 is 1.07 bits per heavy atom. The van der Waals surface area contributed by atoms with Crippen LogP contribution in [0.1, 0.15) is 19.8 Å². The van der Waals surface area contributed by atoms with Crippen LogP contribution >= 0.6 is 23.2 Å². The van der Waals surface area contributed by atoms with Crippen molar-refractivity contribution in [2.45, 2.75) is 19.8 Å². The zero-order chi connectivity index (χ0) is 20.5. The third kappa shape index (κ3) is 6.32. The molecule has 2 aromatic carbocycles. The molecule has 0 aliphatic heterocycles. The van der Waals surface area contributed by atoms with Crippen LogP contribution in [0.15, 0.2) is 42.5 Å². The summed E-state index contributed by atoms with van der Waals surface area (Å²) in [4.78, 5) is 25.9. The fourth-order valence-corrected chi connectivity index (χ4v) is 2.76. The molecule has 0 aliphatic rings. The maximum atomic E-state index is 12.9. The second kappa shape index (κ2) is 10.8. The van der Waals surface area contributed by atoms with E-state index in [4.69, 9.17) is 27.9 Å². The number of benzene rings is 2. The third-order valence-electron chi connectivity index (χ3n) is 4.00. The summed E-state index contributed by atoms with van der Waals surface area (Å²) >= 11 is 11.9. The van der Waals surface area contributed by atoms with E-state index in [1.807, 2.05) is 0 Å². The van der Waals surface area contributed by atoms with Crippen molar-refractivity contribution in [3.63, 3.8) is 0 Å². The number of anilines is 2. The number of urea groups is 1. The van der Waals surface area contributed by atoms with Crippen molar-refractivity contribution in [1.29, 1.82) is 0 Å². The molecule has 0 bridgehead atoms. The molecule has 0 heterocycles. The van der Waals surface area contributed by atoms with Crippen molar-refractivity contribution in [1.82, 2.24) is 5.32 Å². The summed E-state index contributed by atoms with van der Waals surface area (Å²) in [5.74, 6) is 0.681. The van der Waals surface area contributed by atoms with E-state index in [1.165, 1.54) is 0 Å². The number of rotatable bonds is 8. The van der Waals surface area contributed by atoms with E-state index in [0.29, 0.717) is 53.1 Å². The van der Waals surface area contributed by atoms with Crippen LogP contribution in [-0.2, 0) is 4.79 Å². The Bertz CT molecular complexity index is 813. The summed E-state index contributed by atoms with van der Waals surface area (Å²) in [6.07, 6.45) is 1.03. The van der Waals surface area contributed by atoms with E-state index in [0.717, 1.165) is 0 Å². The van der Waals surface area contributed by atoms with Crippen LogP contribution in [0, 0.1) is 0 Å². The third-order valence-corrected chi connectivity index (χ3v) is 4.74. The minimum Gasteiger partial charge on any atom is -0.497 e. The van der Waals surface area contributed by atoms with E-state index in [1.54, 1.807) is 61.4 Å². The van der Waals surface area contributed by atoms with Gasteiger partial charge < -0.3 is 15.4 Å². The van der Waals surface area contributed by atoms with Gasteiger partial charge >= 0.3 is 6.03 Å². The summed E-state index contributed by atoms with van der Waals surface area (Å²) in [6.45, 7) is 2.70. The van der Waals surface area contributed by atoms with Crippen LogP contribution in [0.2, 0.25) is 10.0 Å². The number of nitrogens with zero attached hydrogens (tertiary/aromatic N) is 1. The minimum absolute atomic E-state index is 0.0174. The summed E-state index contributed by atoms with van der Waals surface area (Å²) in [5, 5.41) is 6.41. The van der Waals surface area contributed by atoms with Crippen LogP contribution in [0.3, 0.4) is 0 Å². The number of hydrogen-bond acceptors (Lipinski definition) is 3. The molecule has 8 heteroatoms. The molecule has 0 unspecified atom stereocenters. The van der Waals surface area contributed by atoms with Gasteiger partial charge in [0.05, 0.1) is 17.2 Å². The molecular formula is C20H23Cl2N3O3. The van der Waals surface area contributed by atoms with Gasteiger partial charge in [0.15, 0.2) is 0 Å². The van der Waals surface area contributed by atoms with Crippen LogP contribution in [0.25, 0.3) is 0 Å². The average molecular weight is 424 g/mol. The molecule has 0 atom stereocenters. The van der Waals surface area contributed by atoms with Crippen LogP contribution in [0.4, 0.5) is 16.2 Å². The van der Waals surface area contributed by atoms with Gasteiger partial charge in [0.2, 0.25) is 5.91 Å². The molecule has 0 fully saturated rings. The lowest BCUT2D eigenvalue weighted by molar-refractivity contribution is -0.120. The Labute approximate surface area is 174 Å². The summed E-state index contributed by atoms with van der Waals surface area (Å²) in [7, 11) is 1.58. The molecule has 0 saturated heterocycles. The first kappa shape index (κ1) is 21.9. The number of hydrogen-bond donors (Lipinski definition) is 2. The zero-order valence-corrected chi connectivity index (χ0v) is 17.3. The molecule has 0 aliphatic carbocycles. The second-order valence-electron chi connectivity index (χ2n) is 5.97. The molecule has 2 aromatic rings. The predicted molar refractivity (Wildman–Crippen MR) is 114 cm³/mol. The van der Waals surface area contributed by atoms with Gasteiger partial charge in [-0.2, -0.15) is 0 Å². The predicted octanol–water partition coefficient (Wildman–Crippen LogP) is 4.96. The monoisotopic (exact) mass is 423 g/mol. The van der Waals surface area contributed by atoms with Gasteiger partial charge in [-0.15, -0.1) is 0 Å². The zero-order valence-electron chi connectivity index (χ0n) is 15.8. The summed E-state index contributed by atoms with van der Waals surface area (Å²) in [6, 6.07) is 11.8. The molecule has 0 spiro atoms. The van der Waals surface area contributed by atoms with Gasteiger partial charge in [-0.3, -0.25) is 9.69 Å². The second-order valence-corrected chi connectivity index (χ2v) is 6.78. The van der Waals surface area contributed by atoms with Crippen LogP contribution in [0.5, 0.6) is 5.75 Å². The number of carbonyl (C=O) groups is 2. The molecule has 0 saturated carbocycles. The van der Waals surface area contributed by atoms with Gasteiger partial charge in [0.25, 0.3) is 0 Å². The smallest absolute Gasteiger partial charge is 0.326 e. The summed E-state index contributed by atoms with van der Waals surface area (Å²) in [5.41, 5.74) is 1.25. The maximum absolute atomic E-state index is 12.9. The number of halogens is 2. The van der Waals surface area contributed by atoms with Crippen molar-refractivity contribution in [2.24, 2.45) is 0 Å². The van der Waals surface area contributed by atoms with Gasteiger partial charge in [0, 0.05) is 30.9 Å². The first-order valence-electron chi connectivity index (χ1n) is 8.89. The molecule has 0 radical (unpaired) electrons. The standard InChI is InChI=1S/C20H23Cl2N3O3/c1-3-19(26)23-11-4-12-25(15-6-8-16(28-2)9-7-15)20(27)24-14-5-10-17(21)18(22)13-14/h5-10,13H,3-4,11-12H2,1-2H3,(H,23,26)(H,24,27). The Morgan fingerprint density at radius 2 is 1.79 bits per heavy atom. The molecule has 2 N–H and O–H groups in total. The number of carbonyl (C=O) groups excluding carboxylic acids is 2. The molecular weight excluding hydrogens is 401 g/mol. The molecule has 28 heavy (non-hydrogen) atoms. The Kier molecular flexibility index (Phi) is 8.42. The lowest BCUT2D eigenvalue weighted by Gasteiger charge is -2.24. The largest absolute Gasteiger partial charge is 0.497 e. The van der Waals surface area contributed by atoms with Crippen molar-refractivity contribution in [2.75, 3.05) is 30.4 Å². The normalized spacial score (nSPS) is 10.3. The Hall–Kier alpha value is -2.44. The van der Waals surface area contributed by atoms with E-state index >= 15 is 0 Å². The number of nitrogens with one attached hydrogen (secondary N) is 2. The number of ether oxygens (including phenoxy) is 1. The Balaban J connectivity index is 2.11. The summed E-state index contributed by atoms with van der Waals surface area (Å²) < 4.78 is 5.17. The van der Waals surface area contributed by atoms with E-state index in [9.17, 15) is 9.59 Å². The lowest BCUT2D eigenvalue weighted by atomic mass is 10.2. The van der Waals surface area contributed by atoms with Crippen molar-refractivity contribution in [3.8, 4) is 5.75 Å². The van der Waals surface area contributed by atoms with Crippen molar-refractivity contribution < 1.29 is 14.3 Å². The van der Waals surface area contributed by atoms with Crippen LogP contribution < -0.4 is 20.3 Å². The van der Waals surface area contributed by atoms with Crippen molar-refractivity contribution >= 4 is 46.5 Å². The van der Waals surface area contributed by atoms with Gasteiger partial charge in [0.1, 0.15) is 5.75 Å². The SMILES string of the molecule is CCC(=O)NCCCN(C(=O)Nc1ccc(Cl)c(Cl)c1)c1ccc(OC)cc1. The topological polar surface area (TPSA) is 70.7 Å². The molecule has 150 valence electrons. The number of methoxy groups -OCH3 is 1. The molecule has 6 nitrogen and oxygen atoms in total. The first-order chi connectivity index (χ1) is 13.4. The van der Waals surface area contributed by atoms with Gasteiger partial charge in [-0.1, -0.05) is 30.1 Å². The van der Waals surface area contributed by atoms with E-state index in [2.05, 4.69) is 10.6 Å². The van der Waals surface area contributed by atoms with Gasteiger partial charge in [-0.25, -0.2) is 4.79 Å². The Morgan fingerprint density at radius 3 is 2.39 bits per heavy atom. The highest BCUT2D eigenvalue weighted by Crippen LogP contribution is 2.26. The fourth-order valence-electron chi connectivity index (χ4n) is 2.46. The minimum atomic E-state index is -0.314. The highest BCUT2D eigenvalue weighted by Gasteiger charge is 2.16. The first-order valence-corrected chi connectivity index (χ1v) is 9.64. The molecule has 2 rings (SSSR count). The fraction of sp³-hybridized carbons (Fsp3) is 0.300. The maximum Gasteiger partial charge on any atom is 0.326 e. The highest BCUT2D eigenvalue weighted by molar-refractivity contribution is 6.42. The van der Waals surface area contributed by atoms with E-state index < -0.39 is 0 Å². The average Bonchev–Trinajstić information content (AvgIpc) is 2.70. The quantitative estimate of drug-likeness (QED) is 0.589. The van der Waals surface area contributed by atoms with Gasteiger partial charge in [-0.05, 0) is 48.9 Å². The molecule has 0 aromatic heterocycles. The van der Waals surface area contributed by atoms with Crippen LogP contribution in [-0.4, -0.2) is 32.1 Å². The van der Waals surface area contributed by atoms with Crippen molar-refractivity contribution in [3.05, 3.63) is 52.5 Å². The highest BCUT2D eigenvalue weighted by atomic mass is 35.5. The number of amides is 3. The van der Waals surface area contributed by atoms with E-state index in [-0.39, 0.29) is 11.9 Å². The molecule has 3 amide bonds. The lowest BCUT2D eigenvalue weighted by Crippen LogP contribution is -2.37.